The van der Waals surface area contributed by atoms with Crippen LogP contribution >= 0.6 is 0 Å². The molecule has 1 unspecified atom stereocenters. The number of nitrogens with zero attached hydrogens (tertiary/aromatic N) is 5. The Hall–Kier alpha value is -2.01. The van der Waals surface area contributed by atoms with Gasteiger partial charge in [-0.2, -0.15) is 0 Å². The van der Waals surface area contributed by atoms with Gasteiger partial charge in [0.1, 0.15) is 11.5 Å². The van der Waals surface area contributed by atoms with Gasteiger partial charge in [0.25, 0.3) is 0 Å². The highest BCUT2D eigenvalue weighted by molar-refractivity contribution is 5.59. The maximum absolute atomic E-state index is 5.00. The van der Waals surface area contributed by atoms with Gasteiger partial charge >= 0.3 is 0 Å². The second-order valence-electron chi connectivity index (χ2n) is 6.88. The Morgan fingerprint density at radius 2 is 2.08 bits per heavy atom. The number of hydrogen-bond donors (Lipinski definition) is 0. The molecule has 126 valence electrons. The number of aromatic nitrogens is 3. The van der Waals surface area contributed by atoms with Crippen LogP contribution in [-0.4, -0.2) is 52.6 Å². The minimum absolute atomic E-state index is 0.528. The highest BCUT2D eigenvalue weighted by atomic mass is 15.3. The summed E-state index contributed by atoms with van der Waals surface area (Å²) in [7, 11) is 2.21. The van der Waals surface area contributed by atoms with E-state index in [1.165, 1.54) is 17.7 Å². The molecular formula is C19H25N5. The zero-order valence-electron chi connectivity index (χ0n) is 14.6. The van der Waals surface area contributed by atoms with Crippen LogP contribution in [0.3, 0.4) is 0 Å². The molecule has 2 aromatic rings. The van der Waals surface area contributed by atoms with Crippen LogP contribution in [0, 0.1) is 0 Å². The van der Waals surface area contributed by atoms with Gasteiger partial charge < -0.3 is 9.80 Å². The smallest absolute Gasteiger partial charge is 0.180 e. The van der Waals surface area contributed by atoms with Crippen molar-refractivity contribution >= 4 is 5.82 Å². The van der Waals surface area contributed by atoms with Crippen molar-refractivity contribution < 1.29 is 0 Å². The van der Waals surface area contributed by atoms with Crippen LogP contribution in [-0.2, 0) is 12.8 Å². The highest BCUT2D eigenvalue weighted by Gasteiger charge is 2.30. The lowest BCUT2D eigenvalue weighted by atomic mass is 10.1. The van der Waals surface area contributed by atoms with Crippen LogP contribution in [0.4, 0.5) is 5.82 Å². The van der Waals surface area contributed by atoms with Crippen molar-refractivity contribution in [1.82, 2.24) is 19.9 Å². The monoisotopic (exact) mass is 323 g/mol. The number of anilines is 1. The lowest BCUT2D eigenvalue weighted by molar-refractivity contribution is 0.262. The van der Waals surface area contributed by atoms with Crippen molar-refractivity contribution in [3.05, 3.63) is 35.7 Å². The Labute approximate surface area is 143 Å². The average molecular weight is 323 g/mol. The summed E-state index contributed by atoms with van der Waals surface area (Å²) in [6, 6.07) is 6.47. The van der Waals surface area contributed by atoms with E-state index >= 15 is 0 Å². The summed E-state index contributed by atoms with van der Waals surface area (Å²) in [6.45, 7) is 5.51. The standard InChI is InChI=1S/C19H25N5/c1-3-14-13-23(2)11-12-24(14)19-15-7-6-9-16(15)21-18(22-19)17-8-4-5-10-20-17/h4-5,8,10,14H,3,6-7,9,11-13H2,1-2H3. The number of pyridine rings is 1. The Bertz CT molecular complexity index is 715. The van der Waals surface area contributed by atoms with Crippen molar-refractivity contribution in [1.29, 1.82) is 0 Å². The van der Waals surface area contributed by atoms with Crippen molar-refractivity contribution in [3.8, 4) is 11.5 Å². The second kappa shape index (κ2) is 6.48. The molecule has 5 nitrogen and oxygen atoms in total. The molecule has 1 saturated heterocycles. The summed E-state index contributed by atoms with van der Waals surface area (Å²) >= 11 is 0. The number of hydrogen-bond acceptors (Lipinski definition) is 5. The molecule has 2 aliphatic rings. The van der Waals surface area contributed by atoms with E-state index in [-0.39, 0.29) is 0 Å². The number of aryl methyl sites for hydroxylation is 1. The van der Waals surface area contributed by atoms with E-state index in [1.807, 2.05) is 24.4 Å². The molecular weight excluding hydrogens is 298 g/mol. The van der Waals surface area contributed by atoms with Gasteiger partial charge in [0, 0.05) is 43.1 Å². The molecule has 0 aromatic carbocycles. The van der Waals surface area contributed by atoms with Crippen LogP contribution < -0.4 is 4.90 Å². The molecule has 0 amide bonds. The van der Waals surface area contributed by atoms with Crippen LogP contribution in [0.15, 0.2) is 24.4 Å². The van der Waals surface area contributed by atoms with Crippen molar-refractivity contribution in [2.75, 3.05) is 31.6 Å². The lowest BCUT2D eigenvalue weighted by Gasteiger charge is -2.41. The summed E-state index contributed by atoms with van der Waals surface area (Å²) in [4.78, 5) is 19.2. The molecule has 1 fully saturated rings. The molecule has 1 aliphatic carbocycles. The predicted octanol–water partition coefficient (Wildman–Crippen LogP) is 2.56. The number of rotatable bonds is 3. The fraction of sp³-hybridized carbons (Fsp3) is 0.526. The van der Waals surface area contributed by atoms with Crippen LogP contribution in [0.1, 0.15) is 31.0 Å². The lowest BCUT2D eigenvalue weighted by Crippen LogP contribution is -2.52. The fourth-order valence-corrected chi connectivity index (χ4v) is 3.90. The first-order valence-corrected chi connectivity index (χ1v) is 9.02. The second-order valence-corrected chi connectivity index (χ2v) is 6.88. The first-order chi connectivity index (χ1) is 11.8. The van der Waals surface area contributed by atoms with Gasteiger partial charge in [-0.05, 0) is 44.9 Å². The molecule has 1 atom stereocenters. The maximum Gasteiger partial charge on any atom is 0.180 e. The summed E-state index contributed by atoms with van der Waals surface area (Å²) in [5, 5.41) is 0. The largest absolute Gasteiger partial charge is 0.351 e. The van der Waals surface area contributed by atoms with Crippen molar-refractivity contribution in [2.24, 2.45) is 0 Å². The van der Waals surface area contributed by atoms with Crippen LogP contribution in [0.25, 0.3) is 11.5 Å². The van der Waals surface area contributed by atoms with Crippen molar-refractivity contribution in [3.63, 3.8) is 0 Å². The summed E-state index contributed by atoms with van der Waals surface area (Å²) in [5.74, 6) is 1.94. The van der Waals surface area contributed by atoms with Gasteiger partial charge in [0.05, 0.1) is 0 Å². The van der Waals surface area contributed by atoms with Gasteiger partial charge in [-0.15, -0.1) is 0 Å². The minimum Gasteiger partial charge on any atom is -0.351 e. The predicted molar refractivity (Wildman–Crippen MR) is 96.2 cm³/mol. The normalized spacial score (nSPS) is 21.1. The molecule has 24 heavy (non-hydrogen) atoms. The molecule has 0 N–H and O–H groups in total. The van der Waals surface area contributed by atoms with Gasteiger partial charge in [0.15, 0.2) is 5.82 Å². The van der Waals surface area contributed by atoms with Crippen LogP contribution in [0.5, 0.6) is 0 Å². The van der Waals surface area contributed by atoms with E-state index in [1.54, 1.807) is 0 Å². The van der Waals surface area contributed by atoms with E-state index in [4.69, 9.17) is 9.97 Å². The van der Waals surface area contributed by atoms with E-state index in [0.717, 1.165) is 56.2 Å². The maximum atomic E-state index is 5.00. The van der Waals surface area contributed by atoms with Gasteiger partial charge in [-0.3, -0.25) is 4.98 Å². The van der Waals surface area contributed by atoms with E-state index < -0.39 is 0 Å². The first kappa shape index (κ1) is 15.5. The Balaban J connectivity index is 1.78. The molecule has 4 rings (SSSR count). The molecule has 0 radical (unpaired) electrons. The summed E-state index contributed by atoms with van der Waals surface area (Å²) in [5.41, 5.74) is 3.47. The third-order valence-electron chi connectivity index (χ3n) is 5.23. The third kappa shape index (κ3) is 2.77. The van der Waals surface area contributed by atoms with E-state index in [0.29, 0.717) is 6.04 Å². The first-order valence-electron chi connectivity index (χ1n) is 9.02. The topological polar surface area (TPSA) is 45.2 Å². The molecule has 0 bridgehead atoms. The minimum atomic E-state index is 0.528. The molecule has 0 spiro atoms. The molecule has 1 aliphatic heterocycles. The number of likely N-dealkylation sites (N-methyl/N-ethyl adjacent to an activating group) is 1. The Kier molecular flexibility index (Phi) is 4.19. The average Bonchev–Trinajstić information content (AvgIpc) is 3.10. The molecule has 3 heterocycles. The number of piperazine rings is 1. The Morgan fingerprint density at radius 1 is 1.17 bits per heavy atom. The summed E-state index contributed by atoms with van der Waals surface area (Å²) in [6.07, 6.45) is 6.32. The van der Waals surface area contributed by atoms with Crippen LogP contribution in [0.2, 0.25) is 0 Å². The van der Waals surface area contributed by atoms with E-state index in [2.05, 4.69) is 28.8 Å². The molecule has 5 heteroatoms. The third-order valence-corrected chi connectivity index (χ3v) is 5.23. The fourth-order valence-electron chi connectivity index (χ4n) is 3.90. The zero-order valence-corrected chi connectivity index (χ0v) is 14.6. The SMILES string of the molecule is CCC1CN(C)CCN1c1nc(-c2ccccn2)nc2c1CCC2. The zero-order chi connectivity index (χ0) is 16.5. The molecule has 2 aromatic heterocycles. The van der Waals surface area contributed by atoms with Crippen molar-refractivity contribution in [2.45, 2.75) is 38.6 Å². The quantitative estimate of drug-likeness (QED) is 0.868. The van der Waals surface area contributed by atoms with E-state index in [9.17, 15) is 0 Å². The van der Waals surface area contributed by atoms with Gasteiger partial charge in [-0.1, -0.05) is 13.0 Å². The highest BCUT2D eigenvalue weighted by Crippen LogP contribution is 2.33. The number of fused-ring (bicyclic) bond motifs is 1. The van der Waals surface area contributed by atoms with Gasteiger partial charge in [-0.25, -0.2) is 9.97 Å². The molecule has 0 saturated carbocycles. The summed E-state index contributed by atoms with van der Waals surface area (Å²) < 4.78 is 0. The van der Waals surface area contributed by atoms with Gasteiger partial charge in [0.2, 0.25) is 0 Å². The Morgan fingerprint density at radius 3 is 2.88 bits per heavy atom.